The Bertz CT molecular complexity index is 48.1. The summed E-state index contributed by atoms with van der Waals surface area (Å²) in [5.74, 6) is 0. The van der Waals surface area contributed by atoms with Gasteiger partial charge in [-0.05, 0) is 0 Å². The van der Waals surface area contributed by atoms with Crippen molar-refractivity contribution in [3.8, 4) is 0 Å². The minimum Gasteiger partial charge on any atom is -0.818 e. The molecule has 0 unspecified atom stereocenters. The molecule has 0 aliphatic rings. The zero-order valence-electron chi connectivity index (χ0n) is 8.16. The third-order valence-electron chi connectivity index (χ3n) is 0. The molecule has 0 aromatic heterocycles. The van der Waals surface area contributed by atoms with E-state index >= 15 is 0 Å². The Kier molecular flexibility index (Phi) is 11500. The number of hydrogen-bond acceptors (Lipinski definition) is 7. The summed E-state index contributed by atoms with van der Waals surface area (Å²) in [5, 5.41) is 0.417. The molecule has 0 spiro atoms. The number of hydrogen-bond donors (Lipinski definition) is 0. The average Bonchev–Trinajstić information content (AvgIpc) is 2.32. The molecule has 0 saturated heterocycles. The smallest absolute Gasteiger partial charge is 0.818 e. The summed E-state index contributed by atoms with van der Waals surface area (Å²) in [5.41, 5.74) is 0. The first-order valence-electron chi connectivity index (χ1n) is 1.76. The van der Waals surface area contributed by atoms with E-state index in [1.807, 2.05) is 0 Å². The summed E-state index contributed by atoms with van der Waals surface area (Å²) >= 11 is 8.42. The number of carbonyl (C=O) groups excluding carboxylic acids is 5. The summed E-state index contributed by atoms with van der Waals surface area (Å²) in [6.45, 7) is 16.2. The Morgan fingerprint density at radius 2 is 0.562 bits per heavy atom. The van der Waals surface area contributed by atoms with Crippen LogP contribution in [0.2, 0.25) is 0 Å². The van der Waals surface area contributed by atoms with E-state index in [9.17, 15) is 0 Å². The van der Waals surface area contributed by atoms with Gasteiger partial charge in [-0.1, -0.05) is 0 Å². The van der Waals surface area contributed by atoms with Crippen molar-refractivity contribution in [3.63, 3.8) is 0 Å². The Labute approximate surface area is 129 Å². The molecule has 0 aliphatic carbocycles. The van der Waals surface area contributed by atoms with E-state index in [0.717, 1.165) is 0 Å². The SMILES string of the molecule is [CH-]=O.[CH-]=O.[CH-]=O.[CH-]=O.[CH-]=O.[CH3-].[Fe+3].[Fe+3].[S-]C[S-]. The van der Waals surface area contributed by atoms with Crippen LogP contribution in [-0.4, -0.2) is 39.0 Å². The Hall–Kier alpha value is 0.0890. The fraction of sp³-hybridized carbons (Fsp3) is 0.143. The predicted octanol–water partition coefficient (Wildman–Crippen LogP) is -0.888. The predicted molar refractivity (Wildman–Crippen MR) is 59.8 cm³/mol. The normalized spacial score (nSPS) is 2.38. The van der Waals surface area contributed by atoms with Gasteiger partial charge in [0.1, 0.15) is 0 Å². The van der Waals surface area contributed by atoms with E-state index in [0.29, 0.717) is 5.08 Å². The molecule has 16 heavy (non-hydrogen) atoms. The van der Waals surface area contributed by atoms with Gasteiger partial charge in [-0.25, -0.2) is 0 Å². The maximum absolute atomic E-state index is 7.75. The molecule has 0 N–H and O–H groups in total. The fourth-order valence-electron chi connectivity index (χ4n) is 0. The second-order valence-corrected chi connectivity index (χ2v) is 1.06. The molecular weight excluding hydrogens is 340 g/mol. The van der Waals surface area contributed by atoms with Crippen LogP contribution in [0.5, 0.6) is 0 Å². The largest absolute Gasteiger partial charge is 3.00 e. The van der Waals surface area contributed by atoms with Crippen LogP contribution in [-0.2, 0) is 83.4 Å². The molecule has 0 aromatic rings. The molecule has 9 heteroatoms. The quantitative estimate of drug-likeness (QED) is 0.243. The van der Waals surface area contributed by atoms with Crippen LogP contribution in [0.1, 0.15) is 0 Å². The van der Waals surface area contributed by atoms with Gasteiger partial charge in [0.05, 0.1) is 0 Å². The molecule has 0 aliphatic heterocycles. The molecule has 98 valence electrons. The van der Waals surface area contributed by atoms with E-state index in [4.69, 9.17) is 24.0 Å². The first-order chi connectivity index (χ1) is 6.41. The number of rotatable bonds is 0. The maximum atomic E-state index is 7.75. The zero-order valence-corrected chi connectivity index (χ0v) is 12.0. The molecule has 0 bridgehead atoms. The van der Waals surface area contributed by atoms with Gasteiger partial charge in [0.25, 0.3) is 0 Å². The van der Waals surface area contributed by atoms with Crippen molar-refractivity contribution < 1.29 is 58.1 Å². The maximum Gasteiger partial charge on any atom is 3.00 e. The molecule has 2 radical (unpaired) electrons. The second-order valence-electron chi connectivity index (χ2n) is 0.118. The Balaban J connectivity index is -0.00000000511. The van der Waals surface area contributed by atoms with Crippen LogP contribution in [0.3, 0.4) is 0 Å². The van der Waals surface area contributed by atoms with Crippen LogP contribution in [0, 0.1) is 7.43 Å². The van der Waals surface area contributed by atoms with E-state index in [-0.39, 0.29) is 41.6 Å². The molecule has 0 fully saturated rings. The topological polar surface area (TPSA) is 85.3 Å². The van der Waals surface area contributed by atoms with Crippen molar-refractivity contribution in [2.75, 3.05) is 5.08 Å². The van der Waals surface area contributed by atoms with Crippen LogP contribution in [0.4, 0.5) is 0 Å². The van der Waals surface area contributed by atoms with Crippen LogP contribution < -0.4 is 0 Å². The molecule has 0 saturated carbocycles. The van der Waals surface area contributed by atoms with Gasteiger partial charge in [-0.2, -0.15) is 0 Å². The standard InChI is InChI=1S/5CHO.CH4S2.CH3.2Fe/c5*1-2;2-1-3;;;/h5*1H;2-3H,1H2;1H3;;/q5*-1;;-1;2*+3/p-2. The second kappa shape index (κ2) is 2530. The minimum absolute atomic E-state index is 0. The van der Waals surface area contributed by atoms with Crippen LogP contribution >= 0.6 is 0 Å². The van der Waals surface area contributed by atoms with Gasteiger partial charge in [0.15, 0.2) is 0 Å². The molecular formula is C7H10Fe2O5S2-2. The van der Waals surface area contributed by atoms with Crippen molar-refractivity contribution in [1.29, 1.82) is 0 Å². The van der Waals surface area contributed by atoms with Crippen molar-refractivity contribution in [2.24, 2.45) is 0 Å². The van der Waals surface area contributed by atoms with Gasteiger partial charge in [-0.3, -0.25) is 33.9 Å². The van der Waals surface area contributed by atoms with Crippen LogP contribution in [0.25, 0.3) is 0 Å². The molecule has 0 heterocycles. The first-order valence-corrected chi connectivity index (χ1v) is 2.91. The monoisotopic (exact) mass is 350 g/mol. The molecule has 0 atom stereocenters. The molecule has 5 nitrogen and oxygen atoms in total. The summed E-state index contributed by atoms with van der Waals surface area (Å²) in [4.78, 5) is 38.8. The van der Waals surface area contributed by atoms with Crippen molar-refractivity contribution in [3.05, 3.63) is 7.43 Å². The van der Waals surface area contributed by atoms with E-state index in [1.165, 1.54) is 0 Å². The van der Waals surface area contributed by atoms with Gasteiger partial charge in [-0.15, -0.1) is 0 Å². The van der Waals surface area contributed by atoms with Crippen molar-refractivity contribution >= 4 is 59.2 Å². The summed E-state index contributed by atoms with van der Waals surface area (Å²) in [6, 6.07) is 0. The zero-order chi connectivity index (χ0) is 12.7. The van der Waals surface area contributed by atoms with E-state index in [2.05, 4.69) is 59.2 Å². The van der Waals surface area contributed by atoms with Crippen molar-refractivity contribution in [2.45, 2.75) is 0 Å². The summed E-state index contributed by atoms with van der Waals surface area (Å²) in [7, 11) is 0. The molecule has 0 aromatic carbocycles. The third-order valence-corrected chi connectivity index (χ3v) is 0. The molecule has 0 rings (SSSR count). The van der Waals surface area contributed by atoms with E-state index in [1.54, 1.807) is 0 Å². The van der Waals surface area contributed by atoms with Gasteiger partial charge in [0.2, 0.25) is 0 Å². The van der Waals surface area contributed by atoms with Gasteiger partial charge >= 0.3 is 34.1 Å². The van der Waals surface area contributed by atoms with Crippen LogP contribution in [0.15, 0.2) is 0 Å². The summed E-state index contributed by atoms with van der Waals surface area (Å²) in [6.07, 6.45) is 0. The minimum atomic E-state index is 0. The average molecular weight is 350 g/mol. The Morgan fingerprint density at radius 3 is 0.562 bits per heavy atom. The Morgan fingerprint density at radius 1 is 0.562 bits per heavy atom. The molecule has 0 amide bonds. The van der Waals surface area contributed by atoms with Gasteiger partial charge in [0, 0.05) is 0 Å². The van der Waals surface area contributed by atoms with E-state index < -0.39 is 0 Å². The summed E-state index contributed by atoms with van der Waals surface area (Å²) < 4.78 is 0. The van der Waals surface area contributed by atoms with Gasteiger partial charge < -0.3 is 61.7 Å². The van der Waals surface area contributed by atoms with Crippen molar-refractivity contribution in [1.82, 2.24) is 0 Å². The first kappa shape index (κ1) is 72.9. The fourth-order valence-corrected chi connectivity index (χ4v) is 0. The third kappa shape index (κ3) is 305000.